The van der Waals surface area contributed by atoms with Crippen molar-refractivity contribution in [3.8, 4) is 0 Å². The predicted molar refractivity (Wildman–Crippen MR) is 115 cm³/mol. The summed E-state index contributed by atoms with van der Waals surface area (Å²) in [6, 6.07) is 14.0. The number of ether oxygens (including phenoxy) is 1. The van der Waals surface area contributed by atoms with Crippen molar-refractivity contribution in [1.82, 2.24) is 19.2 Å². The first-order chi connectivity index (χ1) is 15.0. The van der Waals surface area contributed by atoms with Crippen molar-refractivity contribution in [2.45, 2.75) is 18.0 Å². The summed E-state index contributed by atoms with van der Waals surface area (Å²) in [6.07, 6.45) is 5.36. The normalized spacial score (nSPS) is 15.0. The molecule has 31 heavy (non-hydrogen) atoms. The van der Waals surface area contributed by atoms with E-state index in [1.165, 1.54) is 4.31 Å². The van der Waals surface area contributed by atoms with E-state index < -0.39 is 10.0 Å². The van der Waals surface area contributed by atoms with Gasteiger partial charge in [0.1, 0.15) is 0 Å². The van der Waals surface area contributed by atoms with Crippen LogP contribution in [0.4, 0.5) is 0 Å². The van der Waals surface area contributed by atoms with E-state index in [1.54, 1.807) is 48.9 Å². The van der Waals surface area contributed by atoms with Crippen LogP contribution in [0, 0.1) is 0 Å². The number of sulfonamides is 1. The lowest BCUT2D eigenvalue weighted by atomic mass is 10.1. The number of nitrogens with one attached hydrogen (secondary N) is 1. The van der Waals surface area contributed by atoms with Crippen LogP contribution in [0.3, 0.4) is 0 Å². The zero-order chi connectivity index (χ0) is 21.7. The quantitative estimate of drug-likeness (QED) is 0.606. The van der Waals surface area contributed by atoms with Gasteiger partial charge in [0.2, 0.25) is 10.0 Å². The molecule has 4 rings (SSSR count). The third-order valence-corrected chi connectivity index (χ3v) is 7.04. The molecule has 0 radical (unpaired) electrons. The molecule has 0 atom stereocenters. The molecule has 1 amide bonds. The molecule has 2 aromatic carbocycles. The zero-order valence-electron chi connectivity index (χ0n) is 17.0. The molecule has 9 heteroatoms. The molecule has 1 aliphatic heterocycles. The van der Waals surface area contributed by atoms with E-state index in [0.29, 0.717) is 45.0 Å². The maximum Gasteiger partial charge on any atom is 0.251 e. The van der Waals surface area contributed by atoms with Crippen LogP contribution in [0.5, 0.6) is 0 Å². The molecule has 1 aliphatic rings. The first-order valence-electron chi connectivity index (χ1n) is 10.0. The van der Waals surface area contributed by atoms with Crippen molar-refractivity contribution < 1.29 is 17.9 Å². The number of benzene rings is 2. The van der Waals surface area contributed by atoms with Gasteiger partial charge in [-0.2, -0.15) is 4.31 Å². The van der Waals surface area contributed by atoms with E-state index >= 15 is 0 Å². The lowest BCUT2D eigenvalue weighted by molar-refractivity contribution is 0.0730. The summed E-state index contributed by atoms with van der Waals surface area (Å²) >= 11 is 0. The van der Waals surface area contributed by atoms with Crippen molar-refractivity contribution in [1.29, 1.82) is 0 Å². The Morgan fingerprint density at radius 1 is 1.00 bits per heavy atom. The van der Waals surface area contributed by atoms with Crippen LogP contribution >= 0.6 is 0 Å². The Bertz CT molecular complexity index is 1110. The second-order valence-electron chi connectivity index (χ2n) is 7.28. The lowest BCUT2D eigenvalue weighted by Crippen LogP contribution is -2.40. The first-order valence-corrected chi connectivity index (χ1v) is 11.5. The van der Waals surface area contributed by atoms with Gasteiger partial charge in [0.25, 0.3) is 5.91 Å². The van der Waals surface area contributed by atoms with Crippen LogP contribution in [0.1, 0.15) is 21.5 Å². The number of carbonyl (C=O) groups is 1. The fourth-order valence-electron chi connectivity index (χ4n) is 3.35. The highest BCUT2D eigenvalue weighted by Crippen LogP contribution is 2.18. The molecule has 0 spiro atoms. The molecule has 0 aliphatic carbocycles. The lowest BCUT2D eigenvalue weighted by Gasteiger charge is -2.26. The van der Waals surface area contributed by atoms with E-state index in [1.807, 2.05) is 22.9 Å². The fourth-order valence-corrected chi connectivity index (χ4v) is 4.76. The Labute approximate surface area is 181 Å². The minimum atomic E-state index is -3.52. The van der Waals surface area contributed by atoms with E-state index in [9.17, 15) is 13.2 Å². The third kappa shape index (κ3) is 5.19. The van der Waals surface area contributed by atoms with E-state index in [2.05, 4.69) is 10.3 Å². The molecule has 0 bridgehead atoms. The maximum absolute atomic E-state index is 12.7. The highest BCUT2D eigenvalue weighted by molar-refractivity contribution is 7.89. The number of rotatable bonds is 7. The van der Waals surface area contributed by atoms with Crippen molar-refractivity contribution in [2.24, 2.45) is 0 Å². The van der Waals surface area contributed by atoms with Gasteiger partial charge in [0.15, 0.2) is 0 Å². The maximum atomic E-state index is 12.7. The zero-order valence-corrected chi connectivity index (χ0v) is 17.8. The topological polar surface area (TPSA) is 93.5 Å². The summed E-state index contributed by atoms with van der Waals surface area (Å²) in [7, 11) is -3.52. The van der Waals surface area contributed by atoms with Crippen LogP contribution in [-0.2, 0) is 27.8 Å². The predicted octanol–water partition coefficient (Wildman–Crippen LogP) is 1.88. The molecule has 1 aromatic heterocycles. The van der Waals surface area contributed by atoms with Gasteiger partial charge in [-0.25, -0.2) is 13.4 Å². The molecular weight excluding hydrogens is 416 g/mol. The van der Waals surface area contributed by atoms with Gasteiger partial charge in [-0.05, 0) is 35.4 Å². The minimum absolute atomic E-state index is 0.181. The van der Waals surface area contributed by atoms with Gasteiger partial charge in [-0.1, -0.05) is 24.3 Å². The van der Waals surface area contributed by atoms with Crippen molar-refractivity contribution >= 4 is 15.9 Å². The molecule has 3 aromatic rings. The van der Waals surface area contributed by atoms with Crippen LogP contribution < -0.4 is 5.32 Å². The van der Waals surface area contributed by atoms with Gasteiger partial charge in [0, 0.05) is 44.1 Å². The van der Waals surface area contributed by atoms with Gasteiger partial charge in [0.05, 0.1) is 24.4 Å². The molecule has 8 nitrogen and oxygen atoms in total. The Hall–Kier alpha value is -3.01. The van der Waals surface area contributed by atoms with Crippen molar-refractivity contribution in [2.75, 3.05) is 26.3 Å². The summed E-state index contributed by atoms with van der Waals surface area (Å²) in [6.45, 7) is 2.55. The number of amides is 1. The molecule has 162 valence electrons. The van der Waals surface area contributed by atoms with E-state index in [0.717, 1.165) is 11.1 Å². The number of hydrogen-bond acceptors (Lipinski definition) is 5. The second-order valence-corrected chi connectivity index (χ2v) is 9.21. The molecule has 0 saturated carbocycles. The molecular formula is C22H24N4O4S. The third-order valence-electron chi connectivity index (χ3n) is 5.12. The van der Waals surface area contributed by atoms with Crippen LogP contribution in [0.2, 0.25) is 0 Å². The summed E-state index contributed by atoms with van der Waals surface area (Å²) in [5, 5.41) is 2.87. The SMILES string of the molecule is O=C(NCc1ccc(S(=O)(=O)N2CCOCC2)cc1)c1ccc(Cn2ccnc2)cc1. The Morgan fingerprint density at radius 2 is 1.68 bits per heavy atom. The Kier molecular flexibility index (Phi) is 6.45. The Balaban J connectivity index is 1.33. The molecule has 1 saturated heterocycles. The number of nitrogens with zero attached hydrogens (tertiary/aromatic N) is 3. The van der Waals surface area contributed by atoms with Gasteiger partial charge < -0.3 is 14.6 Å². The number of aromatic nitrogens is 2. The minimum Gasteiger partial charge on any atom is -0.379 e. The average Bonchev–Trinajstić information content (AvgIpc) is 3.32. The highest BCUT2D eigenvalue weighted by atomic mass is 32.2. The largest absolute Gasteiger partial charge is 0.379 e. The summed E-state index contributed by atoms with van der Waals surface area (Å²) < 4.78 is 34.0. The molecule has 1 fully saturated rings. The number of imidazole rings is 1. The molecule has 1 N–H and O–H groups in total. The number of morpholine rings is 1. The molecule has 0 unspecified atom stereocenters. The number of carbonyl (C=O) groups excluding carboxylic acids is 1. The summed E-state index contributed by atoms with van der Waals surface area (Å²) in [5.41, 5.74) is 2.47. The second kappa shape index (κ2) is 9.42. The van der Waals surface area contributed by atoms with E-state index in [-0.39, 0.29) is 10.8 Å². The standard InChI is InChI=1S/C22H24N4O4S/c27-22(20-5-1-19(2-6-20)16-25-10-9-23-17-25)24-15-18-3-7-21(8-4-18)31(28,29)26-11-13-30-14-12-26/h1-10,17H,11-16H2,(H,24,27). The monoisotopic (exact) mass is 440 g/mol. The fraction of sp³-hybridized carbons (Fsp3) is 0.273. The van der Waals surface area contributed by atoms with Crippen LogP contribution in [-0.4, -0.2) is 54.5 Å². The van der Waals surface area contributed by atoms with Gasteiger partial charge in [-0.15, -0.1) is 0 Å². The first kappa shape index (κ1) is 21.2. The van der Waals surface area contributed by atoms with Crippen molar-refractivity contribution in [3.63, 3.8) is 0 Å². The van der Waals surface area contributed by atoms with Gasteiger partial charge in [-0.3, -0.25) is 4.79 Å². The average molecular weight is 441 g/mol. The van der Waals surface area contributed by atoms with Crippen molar-refractivity contribution in [3.05, 3.63) is 83.9 Å². The Morgan fingerprint density at radius 3 is 2.32 bits per heavy atom. The smallest absolute Gasteiger partial charge is 0.251 e. The van der Waals surface area contributed by atoms with Crippen LogP contribution in [0.15, 0.2) is 72.1 Å². The molecule has 2 heterocycles. The van der Waals surface area contributed by atoms with Gasteiger partial charge >= 0.3 is 0 Å². The highest BCUT2D eigenvalue weighted by Gasteiger charge is 2.26. The van der Waals surface area contributed by atoms with Crippen LogP contribution in [0.25, 0.3) is 0 Å². The van der Waals surface area contributed by atoms with E-state index in [4.69, 9.17) is 4.74 Å². The summed E-state index contributed by atoms with van der Waals surface area (Å²) in [5.74, 6) is -0.181. The number of hydrogen-bond donors (Lipinski definition) is 1. The summed E-state index contributed by atoms with van der Waals surface area (Å²) in [4.78, 5) is 16.7.